The molecule has 2 heterocycles. The summed E-state index contributed by atoms with van der Waals surface area (Å²) in [5.74, 6) is 6.62. The van der Waals surface area contributed by atoms with E-state index < -0.39 is 11.7 Å². The molecular weight excluding hydrogens is 517 g/mol. The van der Waals surface area contributed by atoms with E-state index in [2.05, 4.69) is 27.0 Å². The van der Waals surface area contributed by atoms with Gasteiger partial charge in [0.15, 0.2) is 0 Å². The fourth-order valence-electron chi connectivity index (χ4n) is 4.09. The summed E-state index contributed by atoms with van der Waals surface area (Å²) in [7, 11) is 3.88. The van der Waals surface area contributed by atoms with E-state index in [0.29, 0.717) is 17.8 Å². The van der Waals surface area contributed by atoms with E-state index in [4.69, 9.17) is 11.5 Å². The minimum absolute atomic E-state index is 0.0550. The summed E-state index contributed by atoms with van der Waals surface area (Å²) in [5, 5.41) is 3.09. The Kier molecular flexibility index (Phi) is 10.4. The highest BCUT2D eigenvalue weighted by Crippen LogP contribution is 2.33. The van der Waals surface area contributed by atoms with Crippen molar-refractivity contribution in [3.8, 4) is 11.8 Å². The fraction of sp³-hybridized carbons (Fsp3) is 0.300. The number of nitrogen functional groups attached to an aromatic ring is 1. The van der Waals surface area contributed by atoms with Gasteiger partial charge in [0, 0.05) is 68.3 Å². The average Bonchev–Trinajstić information content (AvgIpc) is 3.33. The molecule has 1 aliphatic heterocycles. The maximum absolute atomic E-state index is 13.0. The molecule has 40 heavy (non-hydrogen) atoms. The topological polar surface area (TPSA) is 103 Å². The molecule has 0 aliphatic carbocycles. The third-order valence-electron chi connectivity index (χ3n) is 6.56. The number of hydrogen-bond donors (Lipinski definition) is 4. The third-order valence-corrected chi connectivity index (χ3v) is 6.56. The molecule has 0 radical (unpaired) electrons. The van der Waals surface area contributed by atoms with Crippen LogP contribution in [0.2, 0.25) is 0 Å². The molecule has 212 valence electrons. The van der Waals surface area contributed by atoms with E-state index in [1.165, 1.54) is 12.1 Å². The standard InChI is InChI=1S/C16H18N4.C14H17F3N2O/c1-11-3-6-15(19-2)10-12(11)4-5-14(17)9-13-7-8-20-16(13)18;1-18-4-6-19(7-5-18)9-12-3-2-11(10-20)8-13(12)14(15,16)17/h3,6-10,19-20H,17-18H2,1-2H3;2-3,8,10H,4-7,9H2,1H3/b14-9-;. The van der Waals surface area contributed by atoms with Crippen molar-refractivity contribution in [3.05, 3.63) is 87.7 Å². The number of piperazine rings is 1. The summed E-state index contributed by atoms with van der Waals surface area (Å²) in [6, 6.07) is 11.7. The minimum atomic E-state index is -4.43. The van der Waals surface area contributed by atoms with Crippen molar-refractivity contribution in [1.82, 2.24) is 14.8 Å². The molecule has 1 aromatic heterocycles. The summed E-state index contributed by atoms with van der Waals surface area (Å²) in [6.45, 7) is 5.50. The molecule has 3 aromatic rings. The largest absolute Gasteiger partial charge is 0.416 e. The Balaban J connectivity index is 0.000000220. The number of aldehydes is 1. The second-order valence-corrected chi connectivity index (χ2v) is 9.59. The fourth-order valence-corrected chi connectivity index (χ4v) is 4.09. The Morgan fingerprint density at radius 3 is 2.45 bits per heavy atom. The van der Waals surface area contributed by atoms with Crippen LogP contribution in [-0.2, 0) is 12.7 Å². The first kappa shape index (κ1) is 30.3. The third kappa shape index (κ3) is 8.66. The monoisotopic (exact) mass is 552 g/mol. The molecule has 1 fully saturated rings. The molecule has 0 atom stereocenters. The lowest BCUT2D eigenvalue weighted by molar-refractivity contribution is -0.138. The molecule has 0 saturated carbocycles. The smallest absolute Gasteiger partial charge is 0.392 e. The normalized spacial score (nSPS) is 14.5. The zero-order chi connectivity index (χ0) is 29.3. The number of aromatic amines is 1. The van der Waals surface area contributed by atoms with Gasteiger partial charge in [-0.3, -0.25) is 9.69 Å². The van der Waals surface area contributed by atoms with E-state index in [1.54, 1.807) is 12.3 Å². The Morgan fingerprint density at radius 2 is 1.85 bits per heavy atom. The molecule has 1 saturated heterocycles. The maximum Gasteiger partial charge on any atom is 0.416 e. The number of hydrogen-bond acceptors (Lipinski definition) is 6. The number of aromatic nitrogens is 1. The molecule has 0 bridgehead atoms. The van der Waals surface area contributed by atoms with Gasteiger partial charge in [0.1, 0.15) is 12.1 Å². The second kappa shape index (κ2) is 13.7. The molecule has 10 heteroatoms. The minimum Gasteiger partial charge on any atom is -0.392 e. The van der Waals surface area contributed by atoms with Gasteiger partial charge in [-0.1, -0.05) is 24.1 Å². The number of anilines is 2. The van der Waals surface area contributed by atoms with E-state index >= 15 is 0 Å². The lowest BCUT2D eigenvalue weighted by Gasteiger charge is -2.32. The van der Waals surface area contributed by atoms with Crippen molar-refractivity contribution >= 4 is 23.9 Å². The van der Waals surface area contributed by atoms with E-state index in [-0.39, 0.29) is 17.7 Å². The zero-order valence-electron chi connectivity index (χ0n) is 22.9. The van der Waals surface area contributed by atoms with Crippen LogP contribution in [0, 0.1) is 18.8 Å². The first-order chi connectivity index (χ1) is 19.0. The molecule has 7 nitrogen and oxygen atoms in total. The van der Waals surface area contributed by atoms with Crippen LogP contribution >= 0.6 is 0 Å². The lowest BCUT2D eigenvalue weighted by atomic mass is 10.0. The number of allylic oxidation sites excluding steroid dienone is 1. The first-order valence-corrected chi connectivity index (χ1v) is 12.8. The highest BCUT2D eigenvalue weighted by molar-refractivity contribution is 5.75. The molecule has 4 rings (SSSR count). The summed E-state index contributed by atoms with van der Waals surface area (Å²) in [6.07, 6.45) is -0.464. The molecule has 1 aliphatic rings. The maximum atomic E-state index is 13.0. The van der Waals surface area contributed by atoms with Gasteiger partial charge in [-0.05, 0) is 61.4 Å². The van der Waals surface area contributed by atoms with Gasteiger partial charge in [-0.15, -0.1) is 0 Å². The number of nitrogens with two attached hydrogens (primary N) is 2. The molecule has 6 N–H and O–H groups in total. The molecule has 0 amide bonds. The first-order valence-electron chi connectivity index (χ1n) is 12.8. The SMILES string of the molecule is CN1CCN(Cc2ccc(C=O)cc2C(F)(F)F)CC1.CNc1ccc(C)c(C#C/C(N)=C/c2cc[nH]c2N)c1. The predicted octanol–water partition coefficient (Wildman–Crippen LogP) is 4.56. The van der Waals surface area contributed by atoms with Crippen molar-refractivity contribution in [1.29, 1.82) is 0 Å². The van der Waals surface area contributed by atoms with Crippen LogP contribution in [0.4, 0.5) is 24.7 Å². The number of likely N-dealkylation sites (N-methyl/N-ethyl adjacent to an activating group) is 1. The van der Waals surface area contributed by atoms with Gasteiger partial charge >= 0.3 is 6.18 Å². The van der Waals surface area contributed by atoms with Gasteiger partial charge in [0.25, 0.3) is 0 Å². The van der Waals surface area contributed by atoms with E-state index in [9.17, 15) is 18.0 Å². The van der Waals surface area contributed by atoms with Crippen LogP contribution in [0.1, 0.15) is 38.2 Å². The van der Waals surface area contributed by atoms with Crippen LogP contribution in [0.25, 0.3) is 6.08 Å². The van der Waals surface area contributed by atoms with E-state index in [1.807, 2.05) is 50.2 Å². The van der Waals surface area contributed by atoms with Crippen molar-refractivity contribution in [3.63, 3.8) is 0 Å². The number of H-pyrrole nitrogens is 1. The van der Waals surface area contributed by atoms with E-state index in [0.717, 1.165) is 54.6 Å². The Hall–Kier alpha value is -4.20. The number of rotatable bonds is 5. The van der Waals surface area contributed by atoms with Crippen LogP contribution in [0.15, 0.2) is 54.4 Å². The van der Waals surface area contributed by atoms with Crippen molar-refractivity contribution < 1.29 is 18.0 Å². The Labute approximate surface area is 233 Å². The van der Waals surface area contributed by atoms with Gasteiger partial charge in [-0.2, -0.15) is 13.2 Å². The number of nitrogens with one attached hydrogen (secondary N) is 2. The van der Waals surface area contributed by atoms with Crippen LogP contribution < -0.4 is 16.8 Å². The number of halogens is 3. The van der Waals surface area contributed by atoms with Gasteiger partial charge in [0.05, 0.1) is 11.3 Å². The van der Waals surface area contributed by atoms with Gasteiger partial charge < -0.3 is 26.7 Å². The summed E-state index contributed by atoms with van der Waals surface area (Å²) >= 11 is 0. The van der Waals surface area contributed by atoms with Crippen LogP contribution in [0.5, 0.6) is 0 Å². The van der Waals surface area contributed by atoms with Gasteiger partial charge in [-0.25, -0.2) is 0 Å². The number of nitrogens with zero attached hydrogens (tertiary/aromatic N) is 2. The van der Waals surface area contributed by atoms with Crippen molar-refractivity contribution in [2.24, 2.45) is 5.73 Å². The number of benzene rings is 2. The number of carbonyl (C=O) groups excluding carboxylic acids is 1. The van der Waals surface area contributed by atoms with Crippen molar-refractivity contribution in [2.75, 3.05) is 51.3 Å². The lowest BCUT2D eigenvalue weighted by Crippen LogP contribution is -2.44. The predicted molar refractivity (Wildman–Crippen MR) is 155 cm³/mol. The number of carbonyl (C=O) groups is 1. The zero-order valence-corrected chi connectivity index (χ0v) is 22.9. The molecule has 0 spiro atoms. The number of alkyl halides is 3. The second-order valence-electron chi connectivity index (χ2n) is 9.59. The summed E-state index contributed by atoms with van der Waals surface area (Å²) in [4.78, 5) is 17.7. The summed E-state index contributed by atoms with van der Waals surface area (Å²) in [5.41, 5.74) is 15.6. The Morgan fingerprint density at radius 1 is 1.12 bits per heavy atom. The molecule has 0 unspecified atom stereocenters. The molecular formula is C30H35F3N6O. The van der Waals surface area contributed by atoms with Gasteiger partial charge in [0.2, 0.25) is 0 Å². The summed E-state index contributed by atoms with van der Waals surface area (Å²) < 4.78 is 39.1. The van der Waals surface area contributed by atoms with Crippen LogP contribution in [-0.4, -0.2) is 61.3 Å². The molecule has 2 aromatic carbocycles. The average molecular weight is 553 g/mol. The Bertz CT molecular complexity index is 1390. The number of aryl methyl sites for hydroxylation is 1. The quantitative estimate of drug-likeness (QED) is 0.273. The highest BCUT2D eigenvalue weighted by Gasteiger charge is 2.34. The van der Waals surface area contributed by atoms with Crippen molar-refractivity contribution in [2.45, 2.75) is 19.6 Å². The highest BCUT2D eigenvalue weighted by atomic mass is 19.4. The van der Waals surface area contributed by atoms with Crippen LogP contribution in [0.3, 0.4) is 0 Å².